The molecule has 0 saturated heterocycles. The Hall–Kier alpha value is -1.12. The van der Waals surface area contributed by atoms with E-state index < -0.39 is 0 Å². The minimum absolute atomic E-state index is 1.16. The molecule has 0 aliphatic rings. The molecular weight excluding hydrogens is 138 g/mol. The molecule has 0 unspecified atom stereocenters. The summed E-state index contributed by atoms with van der Waals surface area (Å²) in [6.45, 7) is 0. The van der Waals surface area contributed by atoms with Gasteiger partial charge in [-0.3, -0.25) is 0 Å². The predicted molar refractivity (Wildman–Crippen MR) is 49.3 cm³/mol. The fourth-order valence-corrected chi connectivity index (χ4v) is 1.12. The van der Waals surface area contributed by atoms with E-state index in [1.54, 1.807) is 0 Å². The van der Waals surface area contributed by atoms with E-state index in [0.29, 0.717) is 0 Å². The number of nitrogens with one attached hydrogen (secondary N) is 1. The monoisotopic (exact) mass is 153 g/mol. The number of hydrogen-bond acceptors (Lipinski definition) is 2. The smallest absolute Gasteiger partial charge is 0.0776 e. The van der Waals surface area contributed by atoms with Crippen molar-refractivity contribution in [2.24, 2.45) is 7.05 Å². The molecule has 3 heteroatoms. The number of anilines is 2. The molecule has 0 aromatic carbocycles. The highest BCUT2D eigenvalue weighted by Gasteiger charge is 2.03. The molecule has 1 heterocycles. The van der Waals surface area contributed by atoms with E-state index in [0.717, 1.165) is 5.69 Å². The van der Waals surface area contributed by atoms with Gasteiger partial charge in [-0.05, 0) is 0 Å². The molecule has 0 bridgehead atoms. The highest BCUT2D eigenvalue weighted by atomic mass is 15.1. The molecule has 1 rings (SSSR count). The van der Waals surface area contributed by atoms with E-state index in [1.165, 1.54) is 5.69 Å². The van der Waals surface area contributed by atoms with Gasteiger partial charge in [0.15, 0.2) is 0 Å². The molecule has 0 saturated carbocycles. The standard InChI is InChI=1S/C8H15N3/c1-9-7-5-11(4)6-8(7)10(2)3/h5-6,9H,1-4H3. The van der Waals surface area contributed by atoms with Gasteiger partial charge >= 0.3 is 0 Å². The van der Waals surface area contributed by atoms with Gasteiger partial charge < -0.3 is 14.8 Å². The van der Waals surface area contributed by atoms with Crippen molar-refractivity contribution in [2.75, 3.05) is 31.4 Å². The van der Waals surface area contributed by atoms with E-state index in [2.05, 4.69) is 22.6 Å². The Balaban J connectivity index is 3.02. The van der Waals surface area contributed by atoms with Crippen molar-refractivity contribution in [1.82, 2.24) is 4.57 Å². The molecule has 1 aromatic heterocycles. The van der Waals surface area contributed by atoms with Crippen molar-refractivity contribution in [1.29, 1.82) is 0 Å². The lowest BCUT2D eigenvalue weighted by molar-refractivity contribution is 0.924. The summed E-state index contributed by atoms with van der Waals surface area (Å²) in [7, 11) is 8.03. The van der Waals surface area contributed by atoms with Crippen LogP contribution in [0.25, 0.3) is 0 Å². The number of hydrogen-bond donors (Lipinski definition) is 1. The van der Waals surface area contributed by atoms with Crippen molar-refractivity contribution < 1.29 is 0 Å². The lowest BCUT2D eigenvalue weighted by Gasteiger charge is -2.11. The molecular formula is C8H15N3. The molecule has 1 aromatic rings. The lowest BCUT2D eigenvalue weighted by Crippen LogP contribution is -2.09. The normalized spacial score (nSPS) is 9.82. The van der Waals surface area contributed by atoms with E-state index in [-0.39, 0.29) is 0 Å². The van der Waals surface area contributed by atoms with Gasteiger partial charge in [0.05, 0.1) is 11.4 Å². The first kappa shape index (κ1) is 7.98. The minimum atomic E-state index is 1.16. The molecule has 11 heavy (non-hydrogen) atoms. The second-order valence-electron chi connectivity index (χ2n) is 2.87. The summed E-state index contributed by atoms with van der Waals surface area (Å²) in [6.07, 6.45) is 4.15. The Labute approximate surface area is 67.6 Å². The first-order valence-electron chi connectivity index (χ1n) is 3.66. The van der Waals surface area contributed by atoms with Gasteiger partial charge in [0.2, 0.25) is 0 Å². The molecule has 0 amide bonds. The van der Waals surface area contributed by atoms with Gasteiger partial charge in [-0.2, -0.15) is 0 Å². The predicted octanol–water partition coefficient (Wildman–Crippen LogP) is 1.13. The Morgan fingerprint density at radius 3 is 2.36 bits per heavy atom. The third-order valence-electron chi connectivity index (χ3n) is 1.69. The lowest BCUT2D eigenvalue weighted by atomic mass is 10.4. The van der Waals surface area contributed by atoms with Crippen LogP contribution in [-0.4, -0.2) is 25.7 Å². The maximum Gasteiger partial charge on any atom is 0.0776 e. The molecule has 0 aliphatic heterocycles. The third-order valence-corrected chi connectivity index (χ3v) is 1.69. The molecule has 62 valence electrons. The van der Waals surface area contributed by atoms with Gasteiger partial charge in [-0.25, -0.2) is 0 Å². The van der Waals surface area contributed by atoms with Crippen LogP contribution in [0.4, 0.5) is 11.4 Å². The van der Waals surface area contributed by atoms with E-state index in [9.17, 15) is 0 Å². The van der Waals surface area contributed by atoms with Crippen LogP contribution in [-0.2, 0) is 7.05 Å². The third kappa shape index (κ3) is 1.48. The Morgan fingerprint density at radius 2 is 2.00 bits per heavy atom. The largest absolute Gasteiger partial charge is 0.385 e. The molecule has 3 nitrogen and oxygen atoms in total. The number of rotatable bonds is 2. The van der Waals surface area contributed by atoms with Crippen molar-refractivity contribution in [3.63, 3.8) is 0 Å². The number of aryl methyl sites for hydroxylation is 1. The van der Waals surface area contributed by atoms with Gasteiger partial charge in [-0.15, -0.1) is 0 Å². The van der Waals surface area contributed by atoms with Crippen LogP contribution in [0.3, 0.4) is 0 Å². The number of aromatic nitrogens is 1. The second kappa shape index (κ2) is 2.86. The average Bonchev–Trinajstić information content (AvgIpc) is 2.30. The molecule has 1 N–H and O–H groups in total. The van der Waals surface area contributed by atoms with Crippen LogP contribution in [0.1, 0.15) is 0 Å². The molecule has 0 spiro atoms. The summed E-state index contributed by atoms with van der Waals surface area (Å²) in [6, 6.07) is 0. The van der Waals surface area contributed by atoms with Crippen molar-refractivity contribution in [3.05, 3.63) is 12.4 Å². The molecule has 0 atom stereocenters. The maximum atomic E-state index is 3.14. The summed E-state index contributed by atoms with van der Waals surface area (Å²) in [5, 5.41) is 3.14. The van der Waals surface area contributed by atoms with Crippen molar-refractivity contribution in [2.45, 2.75) is 0 Å². The SMILES string of the molecule is CNc1cn(C)cc1N(C)C. The topological polar surface area (TPSA) is 20.2 Å². The summed E-state index contributed by atoms with van der Waals surface area (Å²) in [5.74, 6) is 0. The minimum Gasteiger partial charge on any atom is -0.385 e. The summed E-state index contributed by atoms with van der Waals surface area (Å²) >= 11 is 0. The fourth-order valence-electron chi connectivity index (χ4n) is 1.12. The zero-order valence-corrected chi connectivity index (χ0v) is 7.55. The zero-order valence-electron chi connectivity index (χ0n) is 7.55. The van der Waals surface area contributed by atoms with Crippen molar-refractivity contribution in [3.8, 4) is 0 Å². The van der Waals surface area contributed by atoms with Gasteiger partial charge in [0.25, 0.3) is 0 Å². The van der Waals surface area contributed by atoms with Crippen molar-refractivity contribution >= 4 is 11.4 Å². The average molecular weight is 153 g/mol. The highest BCUT2D eigenvalue weighted by Crippen LogP contribution is 2.23. The first-order valence-corrected chi connectivity index (χ1v) is 3.66. The van der Waals surface area contributed by atoms with Gasteiger partial charge in [-0.1, -0.05) is 0 Å². The molecule has 0 aliphatic carbocycles. The molecule has 0 fully saturated rings. The summed E-state index contributed by atoms with van der Waals surface area (Å²) < 4.78 is 2.04. The quantitative estimate of drug-likeness (QED) is 0.687. The zero-order chi connectivity index (χ0) is 8.43. The summed E-state index contributed by atoms with van der Waals surface area (Å²) in [5.41, 5.74) is 2.38. The number of nitrogens with zero attached hydrogens (tertiary/aromatic N) is 2. The van der Waals surface area contributed by atoms with Crippen LogP contribution in [0.15, 0.2) is 12.4 Å². The van der Waals surface area contributed by atoms with Crippen LogP contribution in [0.5, 0.6) is 0 Å². The van der Waals surface area contributed by atoms with Gasteiger partial charge in [0.1, 0.15) is 0 Å². The second-order valence-corrected chi connectivity index (χ2v) is 2.87. The Bertz CT molecular complexity index is 237. The van der Waals surface area contributed by atoms with E-state index >= 15 is 0 Å². The van der Waals surface area contributed by atoms with Crippen LogP contribution < -0.4 is 10.2 Å². The van der Waals surface area contributed by atoms with Crippen LogP contribution >= 0.6 is 0 Å². The highest BCUT2D eigenvalue weighted by molar-refractivity contribution is 5.68. The maximum absolute atomic E-state index is 3.14. The summed E-state index contributed by atoms with van der Waals surface area (Å²) in [4.78, 5) is 2.09. The van der Waals surface area contributed by atoms with Crippen LogP contribution in [0, 0.1) is 0 Å². The van der Waals surface area contributed by atoms with Gasteiger partial charge in [0, 0.05) is 40.6 Å². The fraction of sp³-hybridized carbons (Fsp3) is 0.500. The molecule has 0 radical (unpaired) electrons. The van der Waals surface area contributed by atoms with Crippen LogP contribution in [0.2, 0.25) is 0 Å². The Morgan fingerprint density at radius 1 is 1.36 bits per heavy atom. The first-order chi connectivity index (χ1) is 5.15. The van der Waals surface area contributed by atoms with E-state index in [4.69, 9.17) is 0 Å². The Kier molecular flexibility index (Phi) is 2.08. The van der Waals surface area contributed by atoms with E-state index in [1.807, 2.05) is 32.8 Å².